The first-order valence-corrected chi connectivity index (χ1v) is 11.6. The topological polar surface area (TPSA) is 82.9 Å². The Morgan fingerprint density at radius 2 is 1.85 bits per heavy atom. The quantitative estimate of drug-likeness (QED) is 0.366. The molecule has 0 saturated heterocycles. The molecule has 8 heteroatoms. The fraction of sp³-hybridized carbons (Fsp3) is 0.423. The molecular formula is C26H31N3O5. The number of aromatic nitrogens is 2. The van der Waals surface area contributed by atoms with Crippen LogP contribution in [0.1, 0.15) is 38.8 Å². The van der Waals surface area contributed by atoms with Gasteiger partial charge in [0.25, 0.3) is 0 Å². The third kappa shape index (κ3) is 3.97. The lowest BCUT2D eigenvalue weighted by molar-refractivity contribution is -0.153. The van der Waals surface area contributed by atoms with Crippen LogP contribution in [0.2, 0.25) is 0 Å². The number of esters is 1. The molecule has 1 aliphatic heterocycles. The number of anilines is 1. The molecule has 2 aromatic carbocycles. The standard InChI is InChI=1S/C26H31N3O5/c1-6-34-25(31)21-22(17-10-9-13-20(32-4)23(17)33-5)29-19-12-8-7-11-18(19)27-26(29)28(24(21)30)15-14-16(2)3/h7-13,16,21-22H,6,14-15H2,1-5H3/t21-,22-/m1/s1. The van der Waals surface area contributed by atoms with Gasteiger partial charge in [0.05, 0.1) is 37.9 Å². The Balaban J connectivity index is 2.02. The van der Waals surface area contributed by atoms with E-state index in [1.54, 1.807) is 32.1 Å². The predicted octanol–water partition coefficient (Wildman–Crippen LogP) is 4.21. The Morgan fingerprint density at radius 3 is 2.53 bits per heavy atom. The van der Waals surface area contributed by atoms with E-state index in [0.717, 1.165) is 17.5 Å². The number of imidazole rings is 1. The zero-order chi connectivity index (χ0) is 24.4. The summed E-state index contributed by atoms with van der Waals surface area (Å²) in [5, 5.41) is 0. The average Bonchev–Trinajstić information content (AvgIpc) is 3.21. The van der Waals surface area contributed by atoms with E-state index < -0.39 is 17.9 Å². The highest BCUT2D eigenvalue weighted by molar-refractivity contribution is 6.08. The largest absolute Gasteiger partial charge is 0.493 e. The normalized spacial score (nSPS) is 17.7. The molecule has 2 heterocycles. The fourth-order valence-corrected chi connectivity index (χ4v) is 4.57. The number of ether oxygens (including phenoxy) is 3. The van der Waals surface area contributed by atoms with Crippen LogP contribution in [-0.2, 0) is 14.3 Å². The Bertz CT molecular complexity index is 1200. The van der Waals surface area contributed by atoms with Gasteiger partial charge in [-0.3, -0.25) is 14.5 Å². The van der Waals surface area contributed by atoms with Crippen molar-refractivity contribution >= 4 is 28.9 Å². The molecule has 2 atom stereocenters. The number of carbonyl (C=O) groups is 2. The van der Waals surface area contributed by atoms with Gasteiger partial charge < -0.3 is 18.8 Å². The molecule has 1 amide bonds. The van der Waals surface area contributed by atoms with E-state index in [1.165, 1.54) is 0 Å². The van der Waals surface area contributed by atoms with E-state index in [0.29, 0.717) is 35.5 Å². The number of benzene rings is 2. The van der Waals surface area contributed by atoms with Gasteiger partial charge in [0.2, 0.25) is 11.9 Å². The molecule has 180 valence electrons. The molecule has 3 aromatic rings. The van der Waals surface area contributed by atoms with Crippen molar-refractivity contribution < 1.29 is 23.8 Å². The van der Waals surface area contributed by atoms with Crippen molar-refractivity contribution in [2.24, 2.45) is 11.8 Å². The van der Waals surface area contributed by atoms with E-state index in [-0.39, 0.29) is 12.5 Å². The molecule has 4 rings (SSSR count). The Labute approximate surface area is 199 Å². The molecule has 0 unspecified atom stereocenters. The van der Waals surface area contributed by atoms with Gasteiger partial charge in [0.15, 0.2) is 17.4 Å². The summed E-state index contributed by atoms with van der Waals surface area (Å²) >= 11 is 0. The third-order valence-corrected chi connectivity index (χ3v) is 6.17. The van der Waals surface area contributed by atoms with Crippen molar-refractivity contribution in [3.63, 3.8) is 0 Å². The Kier molecular flexibility index (Phi) is 6.77. The van der Waals surface area contributed by atoms with Crippen molar-refractivity contribution in [1.82, 2.24) is 9.55 Å². The Hall–Kier alpha value is -3.55. The highest BCUT2D eigenvalue weighted by atomic mass is 16.5. The lowest BCUT2D eigenvalue weighted by Crippen LogP contribution is -2.50. The van der Waals surface area contributed by atoms with Gasteiger partial charge in [-0.15, -0.1) is 0 Å². The predicted molar refractivity (Wildman–Crippen MR) is 129 cm³/mol. The summed E-state index contributed by atoms with van der Waals surface area (Å²) in [5.41, 5.74) is 2.22. The summed E-state index contributed by atoms with van der Waals surface area (Å²) in [6.07, 6.45) is 0.775. The minimum Gasteiger partial charge on any atom is -0.493 e. The molecule has 0 bridgehead atoms. The number of hydrogen-bond acceptors (Lipinski definition) is 6. The molecule has 0 radical (unpaired) electrons. The highest BCUT2D eigenvalue weighted by Gasteiger charge is 2.48. The van der Waals surface area contributed by atoms with Crippen molar-refractivity contribution in [1.29, 1.82) is 0 Å². The maximum absolute atomic E-state index is 13.9. The van der Waals surface area contributed by atoms with Crippen LogP contribution < -0.4 is 14.4 Å². The minimum atomic E-state index is -1.10. The van der Waals surface area contributed by atoms with Gasteiger partial charge in [0, 0.05) is 12.1 Å². The minimum absolute atomic E-state index is 0.175. The highest BCUT2D eigenvalue weighted by Crippen LogP contribution is 2.46. The van der Waals surface area contributed by atoms with Crippen LogP contribution in [0.25, 0.3) is 11.0 Å². The van der Waals surface area contributed by atoms with Gasteiger partial charge in [-0.25, -0.2) is 4.98 Å². The van der Waals surface area contributed by atoms with Crippen molar-refractivity contribution in [3.8, 4) is 11.5 Å². The number of carbonyl (C=O) groups excluding carboxylic acids is 2. The number of nitrogens with zero attached hydrogens (tertiary/aromatic N) is 3. The van der Waals surface area contributed by atoms with Gasteiger partial charge >= 0.3 is 5.97 Å². The lowest BCUT2D eigenvalue weighted by Gasteiger charge is -2.38. The third-order valence-electron chi connectivity index (χ3n) is 6.17. The zero-order valence-electron chi connectivity index (χ0n) is 20.3. The second kappa shape index (κ2) is 9.75. The van der Waals surface area contributed by atoms with E-state index >= 15 is 0 Å². The van der Waals surface area contributed by atoms with Gasteiger partial charge in [-0.1, -0.05) is 38.1 Å². The lowest BCUT2D eigenvalue weighted by atomic mass is 9.88. The summed E-state index contributed by atoms with van der Waals surface area (Å²) in [7, 11) is 3.11. The van der Waals surface area contributed by atoms with Crippen LogP contribution >= 0.6 is 0 Å². The van der Waals surface area contributed by atoms with E-state index in [2.05, 4.69) is 13.8 Å². The first kappa shape index (κ1) is 23.6. The summed E-state index contributed by atoms with van der Waals surface area (Å²) < 4.78 is 18.6. The van der Waals surface area contributed by atoms with Crippen LogP contribution in [0.15, 0.2) is 42.5 Å². The van der Waals surface area contributed by atoms with Crippen molar-refractivity contribution in [3.05, 3.63) is 48.0 Å². The van der Waals surface area contributed by atoms with Gasteiger partial charge in [0.1, 0.15) is 0 Å². The molecule has 1 aromatic heterocycles. The number of methoxy groups -OCH3 is 2. The second-order valence-corrected chi connectivity index (χ2v) is 8.70. The van der Waals surface area contributed by atoms with Gasteiger partial charge in [-0.05, 0) is 37.5 Å². The summed E-state index contributed by atoms with van der Waals surface area (Å²) in [4.78, 5) is 33.7. The number of hydrogen-bond donors (Lipinski definition) is 0. The molecule has 8 nitrogen and oxygen atoms in total. The number of amides is 1. The molecule has 0 saturated carbocycles. The van der Waals surface area contributed by atoms with Crippen molar-refractivity contribution in [2.45, 2.75) is 33.2 Å². The Morgan fingerprint density at radius 1 is 1.09 bits per heavy atom. The zero-order valence-corrected chi connectivity index (χ0v) is 20.3. The molecule has 0 spiro atoms. The molecule has 0 N–H and O–H groups in total. The first-order chi connectivity index (χ1) is 16.4. The van der Waals surface area contributed by atoms with Crippen LogP contribution in [0.4, 0.5) is 5.95 Å². The molecule has 1 aliphatic rings. The summed E-state index contributed by atoms with van der Waals surface area (Å²) in [6.45, 7) is 6.57. The maximum atomic E-state index is 13.9. The fourth-order valence-electron chi connectivity index (χ4n) is 4.57. The number of rotatable bonds is 8. The van der Waals surface area contributed by atoms with Crippen LogP contribution in [0.5, 0.6) is 11.5 Å². The SMILES string of the molecule is CCOC(=O)[C@H]1C(=O)N(CCC(C)C)c2nc3ccccc3n2[C@@H]1c1cccc(OC)c1OC. The average molecular weight is 466 g/mol. The molecule has 0 fully saturated rings. The summed E-state index contributed by atoms with van der Waals surface area (Å²) in [6, 6.07) is 12.4. The first-order valence-electron chi connectivity index (χ1n) is 11.6. The molecule has 34 heavy (non-hydrogen) atoms. The van der Waals surface area contributed by atoms with Crippen LogP contribution in [-0.4, -0.2) is 48.8 Å². The number of para-hydroxylation sites is 3. The van der Waals surface area contributed by atoms with E-state index in [4.69, 9.17) is 19.2 Å². The summed E-state index contributed by atoms with van der Waals surface area (Å²) in [5.74, 6) is -0.111. The molecular weight excluding hydrogens is 434 g/mol. The van der Waals surface area contributed by atoms with Crippen LogP contribution in [0.3, 0.4) is 0 Å². The smallest absolute Gasteiger partial charge is 0.321 e. The maximum Gasteiger partial charge on any atom is 0.321 e. The second-order valence-electron chi connectivity index (χ2n) is 8.70. The van der Waals surface area contributed by atoms with Crippen molar-refractivity contribution in [2.75, 3.05) is 32.3 Å². The monoisotopic (exact) mass is 465 g/mol. The molecule has 0 aliphatic carbocycles. The van der Waals surface area contributed by atoms with Gasteiger partial charge in [-0.2, -0.15) is 0 Å². The van der Waals surface area contributed by atoms with E-state index in [1.807, 2.05) is 41.0 Å². The number of fused-ring (bicyclic) bond motifs is 3. The van der Waals surface area contributed by atoms with E-state index in [9.17, 15) is 9.59 Å². The van der Waals surface area contributed by atoms with Crippen LogP contribution in [0, 0.1) is 11.8 Å².